The molecular formula is C24H29FN4O2S. The van der Waals surface area contributed by atoms with Crippen molar-refractivity contribution in [3.8, 4) is 0 Å². The van der Waals surface area contributed by atoms with Crippen LogP contribution in [0.3, 0.4) is 0 Å². The predicted octanol–water partition coefficient (Wildman–Crippen LogP) is 3.69. The lowest BCUT2D eigenvalue weighted by Crippen LogP contribution is -2.46. The lowest BCUT2D eigenvalue weighted by Gasteiger charge is -2.35. The third-order valence-electron chi connectivity index (χ3n) is 5.94. The summed E-state index contributed by atoms with van der Waals surface area (Å²) in [7, 11) is 0. The number of benzene rings is 2. The Hall–Kier alpha value is -2.71. The molecule has 170 valence electrons. The number of nitrogens with one attached hydrogen (secondary N) is 3. The SMILES string of the molecule is O=C(NCC1CCCO1)c1ccccc1N1CCC(NC(=S)Nc2ccc(F)cc2)CC1. The van der Waals surface area contributed by atoms with Crippen molar-refractivity contribution in [2.24, 2.45) is 0 Å². The molecule has 1 unspecified atom stereocenters. The van der Waals surface area contributed by atoms with E-state index in [-0.39, 0.29) is 23.9 Å². The Labute approximate surface area is 193 Å². The largest absolute Gasteiger partial charge is 0.376 e. The summed E-state index contributed by atoms with van der Waals surface area (Å²) in [6.45, 7) is 2.99. The second kappa shape index (κ2) is 10.7. The number of amides is 1. The molecule has 0 aromatic heterocycles. The molecule has 2 heterocycles. The molecule has 6 nitrogen and oxygen atoms in total. The van der Waals surface area contributed by atoms with Crippen molar-refractivity contribution in [1.29, 1.82) is 0 Å². The number of para-hydroxylation sites is 1. The van der Waals surface area contributed by atoms with Crippen molar-refractivity contribution < 1.29 is 13.9 Å². The van der Waals surface area contributed by atoms with Gasteiger partial charge in [0.05, 0.1) is 11.7 Å². The first-order valence-electron chi connectivity index (χ1n) is 11.2. The van der Waals surface area contributed by atoms with Crippen molar-refractivity contribution in [3.63, 3.8) is 0 Å². The Bertz CT molecular complexity index is 926. The molecule has 3 N–H and O–H groups in total. The highest BCUT2D eigenvalue weighted by Gasteiger charge is 2.24. The zero-order chi connectivity index (χ0) is 22.3. The van der Waals surface area contributed by atoms with Gasteiger partial charge < -0.3 is 25.6 Å². The van der Waals surface area contributed by atoms with E-state index >= 15 is 0 Å². The van der Waals surface area contributed by atoms with E-state index in [0.717, 1.165) is 56.8 Å². The minimum atomic E-state index is -0.275. The van der Waals surface area contributed by atoms with Crippen LogP contribution in [0.2, 0.25) is 0 Å². The van der Waals surface area contributed by atoms with E-state index in [1.807, 2.05) is 24.3 Å². The number of piperidine rings is 1. The highest BCUT2D eigenvalue weighted by molar-refractivity contribution is 7.80. The summed E-state index contributed by atoms with van der Waals surface area (Å²) >= 11 is 5.41. The first kappa shape index (κ1) is 22.5. The minimum Gasteiger partial charge on any atom is -0.376 e. The van der Waals surface area contributed by atoms with Crippen molar-refractivity contribution in [2.45, 2.75) is 37.8 Å². The van der Waals surface area contributed by atoms with Crippen LogP contribution in [-0.4, -0.2) is 49.4 Å². The zero-order valence-corrected chi connectivity index (χ0v) is 18.8. The van der Waals surface area contributed by atoms with Crippen LogP contribution in [0, 0.1) is 5.82 Å². The summed E-state index contributed by atoms with van der Waals surface area (Å²) < 4.78 is 18.7. The number of halogens is 1. The fraction of sp³-hybridized carbons (Fsp3) is 0.417. The highest BCUT2D eigenvalue weighted by Crippen LogP contribution is 2.24. The molecule has 1 atom stereocenters. The molecular weight excluding hydrogens is 427 g/mol. The van der Waals surface area contributed by atoms with Gasteiger partial charge in [-0.05, 0) is 74.3 Å². The second-order valence-corrected chi connectivity index (χ2v) is 8.64. The summed E-state index contributed by atoms with van der Waals surface area (Å²) in [5.41, 5.74) is 2.41. The van der Waals surface area contributed by atoms with Gasteiger partial charge in [-0.25, -0.2) is 4.39 Å². The van der Waals surface area contributed by atoms with Crippen LogP contribution in [0.1, 0.15) is 36.0 Å². The number of hydrogen-bond acceptors (Lipinski definition) is 4. The number of nitrogens with zero attached hydrogens (tertiary/aromatic N) is 1. The summed E-state index contributed by atoms with van der Waals surface area (Å²) in [6.07, 6.45) is 3.98. The van der Waals surface area contributed by atoms with Crippen LogP contribution < -0.4 is 20.9 Å². The van der Waals surface area contributed by atoms with Gasteiger partial charge in [-0.2, -0.15) is 0 Å². The standard InChI is InChI=1S/C24H29FN4O2S/c25-17-7-9-18(10-8-17)27-24(32)28-19-11-13-29(14-12-19)22-6-2-1-5-21(22)23(30)26-16-20-4-3-15-31-20/h1-2,5-10,19-20H,3-4,11-16H2,(H,26,30)(H2,27,28,32). The fourth-order valence-corrected chi connectivity index (χ4v) is 4.48. The van der Waals surface area contributed by atoms with E-state index < -0.39 is 0 Å². The smallest absolute Gasteiger partial charge is 0.253 e. The quantitative estimate of drug-likeness (QED) is 0.577. The summed E-state index contributed by atoms with van der Waals surface area (Å²) in [4.78, 5) is 15.1. The van der Waals surface area contributed by atoms with Crippen molar-refractivity contribution in [1.82, 2.24) is 10.6 Å². The first-order valence-corrected chi connectivity index (χ1v) is 11.6. The molecule has 4 rings (SSSR count). The molecule has 2 aromatic rings. The molecule has 1 amide bonds. The first-order chi connectivity index (χ1) is 15.6. The van der Waals surface area contributed by atoms with Gasteiger partial charge in [-0.1, -0.05) is 12.1 Å². The van der Waals surface area contributed by atoms with E-state index in [1.54, 1.807) is 12.1 Å². The number of hydrogen-bond donors (Lipinski definition) is 3. The molecule has 2 aromatic carbocycles. The molecule has 8 heteroatoms. The summed E-state index contributed by atoms with van der Waals surface area (Å²) in [5, 5.41) is 10.0. The minimum absolute atomic E-state index is 0.0546. The Morgan fingerprint density at radius 1 is 1.09 bits per heavy atom. The molecule has 0 spiro atoms. The normalized spacial score (nSPS) is 18.9. The zero-order valence-electron chi connectivity index (χ0n) is 18.0. The van der Waals surface area contributed by atoms with Crippen molar-refractivity contribution >= 4 is 34.6 Å². The van der Waals surface area contributed by atoms with Gasteiger partial charge in [-0.3, -0.25) is 4.79 Å². The van der Waals surface area contributed by atoms with Gasteiger partial charge in [0.1, 0.15) is 5.82 Å². The lowest BCUT2D eigenvalue weighted by molar-refractivity contribution is 0.0858. The summed E-state index contributed by atoms with van der Waals surface area (Å²) in [6, 6.07) is 14.1. The van der Waals surface area contributed by atoms with Gasteiger partial charge >= 0.3 is 0 Å². The Balaban J connectivity index is 1.28. The molecule has 2 aliphatic rings. The number of thiocarbonyl (C=S) groups is 1. The lowest BCUT2D eigenvalue weighted by atomic mass is 10.0. The molecule has 2 aliphatic heterocycles. The Morgan fingerprint density at radius 2 is 1.84 bits per heavy atom. The number of carbonyl (C=O) groups is 1. The second-order valence-electron chi connectivity index (χ2n) is 8.23. The van der Waals surface area contributed by atoms with Crippen molar-refractivity contribution in [3.05, 3.63) is 59.9 Å². The monoisotopic (exact) mass is 456 g/mol. The molecule has 0 saturated carbocycles. The van der Waals surface area contributed by atoms with Gasteiger partial charge in [0.15, 0.2) is 5.11 Å². The average Bonchev–Trinajstić information content (AvgIpc) is 3.33. The fourth-order valence-electron chi connectivity index (χ4n) is 4.20. The number of ether oxygens (including phenoxy) is 1. The molecule has 2 saturated heterocycles. The average molecular weight is 457 g/mol. The molecule has 2 fully saturated rings. The highest BCUT2D eigenvalue weighted by atomic mass is 32.1. The third kappa shape index (κ3) is 5.95. The van der Waals surface area contributed by atoms with Crippen LogP contribution >= 0.6 is 12.2 Å². The van der Waals surface area contributed by atoms with Crippen LogP contribution in [-0.2, 0) is 4.74 Å². The van der Waals surface area contributed by atoms with E-state index in [1.165, 1.54) is 12.1 Å². The maximum atomic E-state index is 13.1. The Morgan fingerprint density at radius 3 is 2.56 bits per heavy atom. The molecule has 0 aliphatic carbocycles. The van der Waals surface area contributed by atoms with Gasteiger partial charge in [0.25, 0.3) is 5.91 Å². The molecule has 0 radical (unpaired) electrons. The van der Waals surface area contributed by atoms with Crippen LogP contribution in [0.15, 0.2) is 48.5 Å². The van der Waals surface area contributed by atoms with E-state index in [2.05, 4.69) is 20.9 Å². The van der Waals surface area contributed by atoms with E-state index in [0.29, 0.717) is 17.2 Å². The molecule has 32 heavy (non-hydrogen) atoms. The van der Waals surface area contributed by atoms with Gasteiger partial charge in [0.2, 0.25) is 0 Å². The molecule has 0 bridgehead atoms. The van der Waals surface area contributed by atoms with Crippen LogP contribution in [0.25, 0.3) is 0 Å². The maximum absolute atomic E-state index is 13.1. The van der Waals surface area contributed by atoms with Gasteiger partial charge in [-0.15, -0.1) is 0 Å². The van der Waals surface area contributed by atoms with E-state index in [9.17, 15) is 9.18 Å². The number of anilines is 2. The number of rotatable bonds is 6. The van der Waals surface area contributed by atoms with Crippen LogP contribution in [0.4, 0.5) is 15.8 Å². The van der Waals surface area contributed by atoms with Crippen molar-refractivity contribution in [2.75, 3.05) is 36.5 Å². The Kier molecular flexibility index (Phi) is 7.55. The number of carbonyl (C=O) groups excluding carboxylic acids is 1. The predicted molar refractivity (Wildman–Crippen MR) is 129 cm³/mol. The van der Waals surface area contributed by atoms with E-state index in [4.69, 9.17) is 17.0 Å². The topological polar surface area (TPSA) is 65.6 Å². The maximum Gasteiger partial charge on any atom is 0.253 e. The summed E-state index contributed by atoms with van der Waals surface area (Å²) in [5.74, 6) is -0.330. The third-order valence-corrected chi connectivity index (χ3v) is 6.16. The van der Waals surface area contributed by atoms with Crippen LogP contribution in [0.5, 0.6) is 0 Å². The van der Waals surface area contributed by atoms with Gasteiger partial charge in [0, 0.05) is 43.7 Å².